The van der Waals surface area contributed by atoms with E-state index in [9.17, 15) is 13.5 Å². The minimum Gasteiger partial charge on any atom is -0.454 e. The number of aliphatic hydroxyl groups is 1. The third kappa shape index (κ3) is 2.29. The zero-order valence-electron chi connectivity index (χ0n) is 12.3. The van der Waals surface area contributed by atoms with E-state index < -0.39 is 15.1 Å². The Hall–Kier alpha value is -2.05. The fourth-order valence-electron chi connectivity index (χ4n) is 3.31. The van der Waals surface area contributed by atoms with Gasteiger partial charge in [-0.1, -0.05) is 24.3 Å². The molecular formula is C17H16O5S. The quantitative estimate of drug-likeness (QED) is 0.927. The zero-order chi connectivity index (χ0) is 16.0. The van der Waals surface area contributed by atoms with E-state index in [1.54, 1.807) is 36.4 Å². The third-order valence-corrected chi connectivity index (χ3v) is 6.81. The van der Waals surface area contributed by atoms with Gasteiger partial charge in [0.25, 0.3) is 0 Å². The van der Waals surface area contributed by atoms with Gasteiger partial charge in [-0.3, -0.25) is 0 Å². The Morgan fingerprint density at radius 2 is 1.78 bits per heavy atom. The standard InChI is InChI=1S/C17H16O5S/c18-9-13-16(11-6-7-14-15(8-11)22-10-21-14)17(13)23(19,20)12-4-2-1-3-5-12/h1-8,13,16-18H,9-10H2/t13-,16+,17-/m1/s1. The molecule has 0 unspecified atom stereocenters. The minimum absolute atomic E-state index is 0.157. The van der Waals surface area contributed by atoms with Gasteiger partial charge in [0, 0.05) is 18.4 Å². The van der Waals surface area contributed by atoms with E-state index in [-0.39, 0.29) is 25.2 Å². The fraction of sp³-hybridized carbons (Fsp3) is 0.294. The second-order valence-corrected chi connectivity index (χ2v) is 7.91. The van der Waals surface area contributed by atoms with Crippen molar-refractivity contribution in [2.24, 2.45) is 5.92 Å². The highest BCUT2D eigenvalue weighted by Gasteiger charge is 2.58. The molecule has 4 rings (SSSR count). The first-order valence-electron chi connectivity index (χ1n) is 7.42. The average molecular weight is 332 g/mol. The fourth-order valence-corrected chi connectivity index (χ4v) is 5.53. The molecule has 1 fully saturated rings. The monoisotopic (exact) mass is 332 g/mol. The average Bonchev–Trinajstić information content (AvgIpc) is 3.15. The van der Waals surface area contributed by atoms with Gasteiger partial charge in [-0.15, -0.1) is 0 Å². The molecule has 2 aromatic rings. The second-order valence-electron chi connectivity index (χ2n) is 5.81. The summed E-state index contributed by atoms with van der Waals surface area (Å²) in [5.41, 5.74) is 0.859. The number of rotatable bonds is 4. The van der Waals surface area contributed by atoms with Crippen LogP contribution in [0, 0.1) is 5.92 Å². The summed E-state index contributed by atoms with van der Waals surface area (Å²) in [5.74, 6) is 0.777. The molecule has 5 nitrogen and oxygen atoms in total. The maximum atomic E-state index is 12.8. The van der Waals surface area contributed by atoms with Gasteiger partial charge in [0.15, 0.2) is 21.3 Å². The van der Waals surface area contributed by atoms with Gasteiger partial charge < -0.3 is 14.6 Å². The molecule has 3 atom stereocenters. The molecule has 1 saturated carbocycles. The summed E-state index contributed by atoms with van der Waals surface area (Å²) in [6.07, 6.45) is 0. The summed E-state index contributed by atoms with van der Waals surface area (Å²) in [4.78, 5) is 0.298. The first-order valence-corrected chi connectivity index (χ1v) is 8.97. The lowest BCUT2D eigenvalue weighted by molar-refractivity contribution is 0.174. The summed E-state index contributed by atoms with van der Waals surface area (Å²) >= 11 is 0. The van der Waals surface area contributed by atoms with E-state index in [1.165, 1.54) is 0 Å². The Bertz CT molecular complexity index is 831. The van der Waals surface area contributed by atoms with E-state index in [0.29, 0.717) is 16.4 Å². The van der Waals surface area contributed by atoms with E-state index in [4.69, 9.17) is 9.47 Å². The number of hydrogen-bond acceptors (Lipinski definition) is 5. The van der Waals surface area contributed by atoms with E-state index in [0.717, 1.165) is 5.56 Å². The van der Waals surface area contributed by atoms with Crippen LogP contribution in [0.4, 0.5) is 0 Å². The van der Waals surface area contributed by atoms with Crippen molar-refractivity contribution < 1.29 is 23.0 Å². The topological polar surface area (TPSA) is 72.8 Å². The molecule has 1 aliphatic heterocycles. The number of aliphatic hydroxyl groups excluding tert-OH is 1. The Labute approximate surface area is 134 Å². The van der Waals surface area contributed by atoms with Gasteiger partial charge in [0.2, 0.25) is 6.79 Å². The highest BCUT2D eigenvalue weighted by Crippen LogP contribution is 2.54. The van der Waals surface area contributed by atoms with E-state index in [1.807, 2.05) is 12.1 Å². The third-order valence-electron chi connectivity index (χ3n) is 4.52. The molecule has 0 spiro atoms. The van der Waals surface area contributed by atoms with Crippen LogP contribution in [0.3, 0.4) is 0 Å². The van der Waals surface area contributed by atoms with Gasteiger partial charge in [-0.25, -0.2) is 8.42 Å². The maximum Gasteiger partial charge on any atom is 0.231 e. The second kappa shape index (κ2) is 5.25. The lowest BCUT2D eigenvalue weighted by atomic mass is 10.1. The predicted octanol–water partition coefficient (Wildman–Crippen LogP) is 1.96. The molecule has 6 heteroatoms. The first kappa shape index (κ1) is 14.5. The van der Waals surface area contributed by atoms with Crippen LogP contribution in [0.5, 0.6) is 11.5 Å². The molecular weight excluding hydrogens is 316 g/mol. The highest BCUT2D eigenvalue weighted by atomic mass is 32.2. The summed E-state index contributed by atoms with van der Waals surface area (Å²) in [6.45, 7) is 0.0223. The van der Waals surface area contributed by atoms with Crippen molar-refractivity contribution in [2.45, 2.75) is 16.1 Å². The summed E-state index contributed by atoms with van der Waals surface area (Å²) in [7, 11) is -3.47. The van der Waals surface area contributed by atoms with Gasteiger partial charge >= 0.3 is 0 Å². The molecule has 0 saturated heterocycles. The number of hydrogen-bond donors (Lipinski definition) is 1. The number of sulfone groups is 1. The Morgan fingerprint density at radius 1 is 1.04 bits per heavy atom. The van der Waals surface area contributed by atoms with Gasteiger partial charge in [-0.2, -0.15) is 0 Å². The van der Waals surface area contributed by atoms with Gasteiger partial charge in [-0.05, 0) is 29.8 Å². The molecule has 0 aromatic heterocycles. The van der Waals surface area contributed by atoms with Crippen LogP contribution in [0.2, 0.25) is 0 Å². The van der Waals surface area contributed by atoms with Crippen molar-refractivity contribution in [3.05, 3.63) is 54.1 Å². The number of benzene rings is 2. The summed E-state index contributed by atoms with van der Waals surface area (Å²) < 4.78 is 36.3. The SMILES string of the molecule is O=S(=O)(c1ccccc1)[C@@H]1[C@H](CO)[C@@H]1c1ccc2c(c1)OCO2. The first-order chi connectivity index (χ1) is 11.1. The van der Waals surface area contributed by atoms with Crippen molar-refractivity contribution in [3.63, 3.8) is 0 Å². The molecule has 1 N–H and O–H groups in total. The summed E-state index contributed by atoms with van der Waals surface area (Å²) in [6, 6.07) is 13.8. The Morgan fingerprint density at radius 3 is 2.52 bits per heavy atom. The Balaban J connectivity index is 1.68. The number of fused-ring (bicyclic) bond motifs is 1. The molecule has 0 radical (unpaired) electrons. The van der Waals surface area contributed by atoms with E-state index in [2.05, 4.69) is 0 Å². The molecule has 0 amide bonds. The normalized spacial score (nSPS) is 25.3. The van der Waals surface area contributed by atoms with E-state index >= 15 is 0 Å². The predicted molar refractivity (Wildman–Crippen MR) is 83.3 cm³/mol. The van der Waals surface area contributed by atoms with Crippen LogP contribution in [-0.4, -0.2) is 32.2 Å². The van der Waals surface area contributed by atoms with Crippen LogP contribution in [0.25, 0.3) is 0 Å². The molecule has 0 bridgehead atoms. The lowest BCUT2D eigenvalue weighted by Crippen LogP contribution is -2.11. The summed E-state index contributed by atoms with van der Waals surface area (Å²) in [5, 5.41) is 8.99. The smallest absolute Gasteiger partial charge is 0.231 e. The Kier molecular flexibility index (Phi) is 3.32. The van der Waals surface area contributed by atoms with Crippen molar-refractivity contribution in [1.29, 1.82) is 0 Å². The van der Waals surface area contributed by atoms with Gasteiger partial charge in [0.05, 0.1) is 10.1 Å². The largest absolute Gasteiger partial charge is 0.454 e. The lowest BCUT2D eigenvalue weighted by Gasteiger charge is -2.05. The molecule has 2 aromatic carbocycles. The zero-order valence-corrected chi connectivity index (χ0v) is 13.1. The molecule has 120 valence electrons. The molecule has 2 aliphatic rings. The van der Waals surface area contributed by atoms with Crippen LogP contribution in [-0.2, 0) is 9.84 Å². The number of ether oxygens (including phenoxy) is 2. The van der Waals surface area contributed by atoms with Crippen molar-refractivity contribution in [3.8, 4) is 11.5 Å². The van der Waals surface area contributed by atoms with Crippen LogP contribution < -0.4 is 9.47 Å². The minimum atomic E-state index is -3.47. The molecule has 23 heavy (non-hydrogen) atoms. The van der Waals surface area contributed by atoms with Crippen molar-refractivity contribution >= 4 is 9.84 Å². The highest BCUT2D eigenvalue weighted by molar-refractivity contribution is 7.92. The van der Waals surface area contributed by atoms with Crippen LogP contribution >= 0.6 is 0 Å². The van der Waals surface area contributed by atoms with Crippen molar-refractivity contribution in [2.75, 3.05) is 13.4 Å². The van der Waals surface area contributed by atoms with Crippen LogP contribution in [0.15, 0.2) is 53.4 Å². The van der Waals surface area contributed by atoms with Crippen LogP contribution in [0.1, 0.15) is 11.5 Å². The van der Waals surface area contributed by atoms with Gasteiger partial charge in [0.1, 0.15) is 0 Å². The maximum absolute atomic E-state index is 12.8. The molecule has 1 heterocycles. The molecule has 1 aliphatic carbocycles. The van der Waals surface area contributed by atoms with Crippen molar-refractivity contribution in [1.82, 2.24) is 0 Å².